The summed E-state index contributed by atoms with van der Waals surface area (Å²) in [6.07, 6.45) is 0. The van der Waals surface area contributed by atoms with E-state index in [2.05, 4.69) is 21.2 Å². The van der Waals surface area contributed by atoms with Crippen molar-refractivity contribution in [1.29, 1.82) is 0 Å². The molecule has 1 N–H and O–H groups in total. The molecule has 39 heavy (non-hydrogen) atoms. The fraction of sp³-hybridized carbons (Fsp3) is 0.333. The van der Waals surface area contributed by atoms with Gasteiger partial charge in [0.1, 0.15) is 12.6 Å². The molecular weight excluding hydrogens is 578 g/mol. The van der Waals surface area contributed by atoms with Crippen LogP contribution in [0.3, 0.4) is 0 Å². The molecule has 0 saturated carbocycles. The first-order valence-corrected chi connectivity index (χ1v) is 14.9. The summed E-state index contributed by atoms with van der Waals surface area (Å²) in [5.74, 6) is -0.813. The van der Waals surface area contributed by atoms with Gasteiger partial charge < -0.3 is 10.2 Å². The Morgan fingerprint density at radius 2 is 1.54 bits per heavy atom. The van der Waals surface area contributed by atoms with E-state index in [-0.39, 0.29) is 17.3 Å². The van der Waals surface area contributed by atoms with Gasteiger partial charge in [-0.3, -0.25) is 13.9 Å². The number of nitrogens with zero attached hydrogens (tertiary/aromatic N) is 2. The number of benzene rings is 3. The third-order valence-electron chi connectivity index (χ3n) is 6.10. The summed E-state index contributed by atoms with van der Waals surface area (Å²) in [5, 5.41) is 2.93. The number of sulfonamides is 1. The van der Waals surface area contributed by atoms with Crippen LogP contribution in [0.15, 0.2) is 82.2 Å². The van der Waals surface area contributed by atoms with Crippen LogP contribution in [0.1, 0.15) is 44.4 Å². The lowest BCUT2D eigenvalue weighted by atomic mass is 10.1. The van der Waals surface area contributed by atoms with Crippen molar-refractivity contribution < 1.29 is 18.0 Å². The van der Waals surface area contributed by atoms with Crippen molar-refractivity contribution >= 4 is 43.5 Å². The second kappa shape index (κ2) is 12.3. The van der Waals surface area contributed by atoms with E-state index in [1.165, 1.54) is 17.0 Å². The Balaban J connectivity index is 2.03. The first-order chi connectivity index (χ1) is 18.2. The third-order valence-corrected chi connectivity index (χ3v) is 8.42. The number of hydrogen-bond acceptors (Lipinski definition) is 4. The lowest BCUT2D eigenvalue weighted by Crippen LogP contribution is -2.54. The molecule has 0 fully saturated rings. The number of anilines is 1. The molecule has 3 aromatic carbocycles. The molecule has 3 rings (SSSR count). The minimum atomic E-state index is -4.10. The second-order valence-electron chi connectivity index (χ2n) is 10.7. The van der Waals surface area contributed by atoms with Crippen LogP contribution >= 0.6 is 15.9 Å². The Bertz CT molecular complexity index is 1420. The molecule has 0 bridgehead atoms. The number of nitrogens with one attached hydrogen (secondary N) is 1. The highest BCUT2D eigenvalue weighted by Crippen LogP contribution is 2.26. The predicted molar refractivity (Wildman–Crippen MR) is 159 cm³/mol. The SMILES string of the molecule is Cc1ccc(S(=O)(=O)N(CC(=O)N(Cc2cccc(C)c2)[C@H](C)C(=O)NC(C)(C)C)c2ccc(Br)cc2)cc1. The number of amides is 2. The van der Waals surface area contributed by atoms with E-state index in [9.17, 15) is 18.0 Å². The molecule has 208 valence electrons. The fourth-order valence-corrected chi connectivity index (χ4v) is 5.72. The number of carbonyl (C=O) groups is 2. The third kappa shape index (κ3) is 8.16. The van der Waals surface area contributed by atoms with Gasteiger partial charge in [0, 0.05) is 16.6 Å². The molecule has 1 atom stereocenters. The first-order valence-electron chi connectivity index (χ1n) is 12.7. The number of hydrogen-bond donors (Lipinski definition) is 1. The molecule has 7 nitrogen and oxygen atoms in total. The first kappa shape index (κ1) is 30.4. The zero-order valence-corrected chi connectivity index (χ0v) is 25.6. The van der Waals surface area contributed by atoms with Gasteiger partial charge in [-0.15, -0.1) is 0 Å². The van der Waals surface area contributed by atoms with Crippen molar-refractivity contribution in [2.75, 3.05) is 10.8 Å². The van der Waals surface area contributed by atoms with Crippen LogP contribution in [0.25, 0.3) is 0 Å². The molecule has 0 aromatic heterocycles. The van der Waals surface area contributed by atoms with Crippen molar-refractivity contribution in [3.63, 3.8) is 0 Å². The van der Waals surface area contributed by atoms with Gasteiger partial charge in [-0.25, -0.2) is 8.42 Å². The Morgan fingerprint density at radius 1 is 0.923 bits per heavy atom. The second-order valence-corrected chi connectivity index (χ2v) is 13.5. The van der Waals surface area contributed by atoms with Crippen molar-refractivity contribution in [2.24, 2.45) is 0 Å². The minimum absolute atomic E-state index is 0.0765. The highest BCUT2D eigenvalue weighted by Gasteiger charge is 2.33. The molecule has 0 aliphatic carbocycles. The van der Waals surface area contributed by atoms with E-state index in [0.29, 0.717) is 5.69 Å². The van der Waals surface area contributed by atoms with Gasteiger partial charge in [0.25, 0.3) is 10.0 Å². The van der Waals surface area contributed by atoms with Crippen LogP contribution in [0, 0.1) is 13.8 Å². The minimum Gasteiger partial charge on any atom is -0.350 e. The number of carbonyl (C=O) groups excluding carboxylic acids is 2. The molecule has 0 radical (unpaired) electrons. The van der Waals surface area contributed by atoms with Crippen LogP contribution in [0.2, 0.25) is 0 Å². The zero-order chi connectivity index (χ0) is 29.0. The van der Waals surface area contributed by atoms with Crippen LogP contribution in [0.5, 0.6) is 0 Å². The largest absolute Gasteiger partial charge is 0.350 e. The maximum atomic E-state index is 14.0. The average molecular weight is 615 g/mol. The van der Waals surface area contributed by atoms with Crippen molar-refractivity contribution in [1.82, 2.24) is 10.2 Å². The number of rotatable bonds is 9. The predicted octanol–water partition coefficient (Wildman–Crippen LogP) is 5.59. The summed E-state index contributed by atoms with van der Waals surface area (Å²) >= 11 is 3.39. The summed E-state index contributed by atoms with van der Waals surface area (Å²) in [6.45, 7) is 10.8. The van der Waals surface area contributed by atoms with Gasteiger partial charge in [-0.1, -0.05) is 63.5 Å². The smallest absolute Gasteiger partial charge is 0.264 e. The van der Waals surface area contributed by atoms with Crippen LogP contribution in [0.4, 0.5) is 5.69 Å². The average Bonchev–Trinajstić information content (AvgIpc) is 2.85. The number of aryl methyl sites for hydroxylation is 2. The Labute approximate surface area is 240 Å². The lowest BCUT2D eigenvalue weighted by molar-refractivity contribution is -0.140. The molecule has 0 heterocycles. The van der Waals surface area contributed by atoms with Gasteiger partial charge in [0.05, 0.1) is 10.6 Å². The highest BCUT2D eigenvalue weighted by molar-refractivity contribution is 9.10. The van der Waals surface area contributed by atoms with E-state index in [1.54, 1.807) is 43.3 Å². The summed E-state index contributed by atoms with van der Waals surface area (Å²) in [6, 6.07) is 20.1. The van der Waals surface area contributed by atoms with Crippen molar-refractivity contribution in [3.8, 4) is 0 Å². The van der Waals surface area contributed by atoms with Crippen LogP contribution in [-0.2, 0) is 26.2 Å². The summed E-state index contributed by atoms with van der Waals surface area (Å²) in [7, 11) is -4.10. The van der Waals surface area contributed by atoms with E-state index in [0.717, 1.165) is 25.5 Å². The summed E-state index contributed by atoms with van der Waals surface area (Å²) < 4.78 is 29.6. The molecule has 3 aromatic rings. The maximum Gasteiger partial charge on any atom is 0.264 e. The summed E-state index contributed by atoms with van der Waals surface area (Å²) in [4.78, 5) is 28.6. The van der Waals surface area contributed by atoms with Crippen LogP contribution in [-0.4, -0.2) is 43.3 Å². The molecular formula is C30H36BrN3O4S. The van der Waals surface area contributed by atoms with Gasteiger partial charge >= 0.3 is 0 Å². The van der Waals surface area contributed by atoms with Crippen LogP contribution < -0.4 is 9.62 Å². The lowest BCUT2D eigenvalue weighted by Gasteiger charge is -2.33. The van der Waals surface area contributed by atoms with Gasteiger partial charge in [-0.2, -0.15) is 0 Å². The monoisotopic (exact) mass is 613 g/mol. The Morgan fingerprint density at radius 3 is 2.10 bits per heavy atom. The molecule has 0 aliphatic heterocycles. The van der Waals surface area contributed by atoms with Gasteiger partial charge in [-0.05, 0) is 83.5 Å². The van der Waals surface area contributed by atoms with E-state index >= 15 is 0 Å². The molecule has 0 saturated heterocycles. The Kier molecular flexibility index (Phi) is 9.61. The highest BCUT2D eigenvalue weighted by atomic mass is 79.9. The molecule has 0 unspecified atom stereocenters. The Hall–Kier alpha value is -3.17. The molecule has 0 spiro atoms. The van der Waals surface area contributed by atoms with Gasteiger partial charge in [0.15, 0.2) is 0 Å². The number of halogens is 1. The van der Waals surface area contributed by atoms with Gasteiger partial charge in [0.2, 0.25) is 11.8 Å². The van der Waals surface area contributed by atoms with Crippen molar-refractivity contribution in [3.05, 3.63) is 94.0 Å². The molecule has 2 amide bonds. The van der Waals surface area contributed by atoms with E-state index in [4.69, 9.17) is 0 Å². The maximum absolute atomic E-state index is 14.0. The standard InChI is InChI=1S/C30H36BrN3O4S/c1-21-10-16-27(17-11-21)39(37,38)34(26-14-12-25(31)13-15-26)20-28(35)33(19-24-9-7-8-22(2)18-24)23(3)29(36)32-30(4,5)6/h7-18,23H,19-20H2,1-6H3,(H,32,36)/t23-/m1/s1. The normalized spacial score (nSPS) is 12.5. The zero-order valence-electron chi connectivity index (χ0n) is 23.2. The topological polar surface area (TPSA) is 86.8 Å². The van der Waals surface area contributed by atoms with E-state index in [1.807, 2.05) is 58.9 Å². The summed E-state index contributed by atoms with van der Waals surface area (Å²) in [5.41, 5.74) is 2.62. The molecule has 0 aliphatic rings. The van der Waals surface area contributed by atoms with E-state index < -0.39 is 34.1 Å². The van der Waals surface area contributed by atoms with Crippen molar-refractivity contribution in [2.45, 2.75) is 64.6 Å². The quantitative estimate of drug-likeness (QED) is 0.341. The fourth-order valence-electron chi connectivity index (χ4n) is 4.04. The molecule has 9 heteroatoms.